The van der Waals surface area contributed by atoms with Gasteiger partial charge in [0, 0.05) is 49.3 Å². The molecule has 0 saturated carbocycles. The molecule has 2 saturated heterocycles. The Morgan fingerprint density at radius 3 is 3.00 bits per heavy atom. The summed E-state index contributed by atoms with van der Waals surface area (Å²) >= 11 is 0. The molecule has 2 aliphatic heterocycles. The van der Waals surface area contributed by atoms with E-state index in [0.29, 0.717) is 31.7 Å². The minimum atomic E-state index is 0.0663. The topological polar surface area (TPSA) is 65.6 Å². The fraction of sp³-hybridized carbons (Fsp3) is 0.474. The van der Waals surface area contributed by atoms with Gasteiger partial charge in [-0.25, -0.2) is 0 Å². The van der Waals surface area contributed by atoms with Crippen molar-refractivity contribution in [2.75, 3.05) is 26.8 Å². The molecule has 0 bridgehead atoms. The fourth-order valence-corrected chi connectivity index (χ4v) is 4.23. The van der Waals surface area contributed by atoms with Crippen molar-refractivity contribution >= 4 is 22.7 Å². The van der Waals surface area contributed by atoms with Crippen molar-refractivity contribution < 1.29 is 14.3 Å². The number of fused-ring (bicyclic) bond motifs is 2. The van der Waals surface area contributed by atoms with E-state index in [9.17, 15) is 9.59 Å². The summed E-state index contributed by atoms with van der Waals surface area (Å²) in [6.07, 6.45) is 3.99. The Kier molecular flexibility index (Phi) is 4.21. The maximum Gasteiger partial charge on any atom is 0.254 e. The van der Waals surface area contributed by atoms with E-state index in [2.05, 4.69) is 4.98 Å². The molecule has 4 rings (SSSR count). The highest BCUT2D eigenvalue weighted by atomic mass is 16.5. The maximum atomic E-state index is 13.1. The van der Waals surface area contributed by atoms with E-state index in [0.717, 1.165) is 23.7 Å². The van der Waals surface area contributed by atoms with Gasteiger partial charge in [0.15, 0.2) is 0 Å². The van der Waals surface area contributed by atoms with E-state index in [4.69, 9.17) is 4.74 Å². The molecule has 6 heteroatoms. The van der Waals surface area contributed by atoms with Crippen LogP contribution in [0.15, 0.2) is 30.5 Å². The molecule has 1 aromatic carbocycles. The summed E-state index contributed by atoms with van der Waals surface area (Å²) in [6.45, 7) is 1.84. The molecule has 2 fully saturated rings. The van der Waals surface area contributed by atoms with Gasteiger partial charge in [0.1, 0.15) is 0 Å². The van der Waals surface area contributed by atoms with Gasteiger partial charge in [0.05, 0.1) is 18.7 Å². The Morgan fingerprint density at radius 1 is 1.28 bits per heavy atom. The second-order valence-electron chi connectivity index (χ2n) is 6.82. The van der Waals surface area contributed by atoms with E-state index < -0.39 is 0 Å². The number of methoxy groups -OCH3 is 1. The van der Waals surface area contributed by atoms with E-state index in [1.54, 1.807) is 7.11 Å². The summed E-state index contributed by atoms with van der Waals surface area (Å²) in [7, 11) is 1.65. The van der Waals surface area contributed by atoms with Crippen molar-refractivity contribution in [3.63, 3.8) is 0 Å². The van der Waals surface area contributed by atoms with Gasteiger partial charge in [-0.15, -0.1) is 0 Å². The second-order valence-corrected chi connectivity index (χ2v) is 6.82. The number of carbonyl (C=O) groups is 2. The first-order valence-corrected chi connectivity index (χ1v) is 8.85. The summed E-state index contributed by atoms with van der Waals surface area (Å²) in [5, 5.41) is 1.04. The number of hydrogen-bond donors (Lipinski definition) is 1. The number of carbonyl (C=O) groups excluding carboxylic acids is 2. The number of benzene rings is 1. The van der Waals surface area contributed by atoms with Crippen LogP contribution in [0.1, 0.15) is 29.6 Å². The molecule has 132 valence electrons. The largest absolute Gasteiger partial charge is 0.383 e. The molecule has 2 atom stereocenters. The van der Waals surface area contributed by atoms with Crippen molar-refractivity contribution in [1.82, 2.24) is 14.8 Å². The third-order valence-electron chi connectivity index (χ3n) is 5.48. The van der Waals surface area contributed by atoms with E-state index in [1.165, 1.54) is 0 Å². The summed E-state index contributed by atoms with van der Waals surface area (Å²) in [4.78, 5) is 32.4. The summed E-state index contributed by atoms with van der Waals surface area (Å²) in [5.41, 5.74) is 1.75. The third kappa shape index (κ3) is 2.80. The first-order chi connectivity index (χ1) is 12.2. The van der Waals surface area contributed by atoms with Gasteiger partial charge in [0.2, 0.25) is 5.91 Å². The number of aromatic nitrogens is 1. The lowest BCUT2D eigenvalue weighted by molar-refractivity contribution is -0.138. The third-order valence-corrected chi connectivity index (χ3v) is 5.48. The number of rotatable bonds is 4. The number of H-pyrrole nitrogens is 1. The zero-order chi connectivity index (χ0) is 17.4. The molecular weight excluding hydrogens is 318 g/mol. The molecule has 1 aromatic heterocycles. The standard InChI is InChI=1S/C19H23N3O3/c1-25-11-10-21-17-7-9-22(16(17)4-5-18(21)23)19(24)14-2-3-15-13(12-14)6-8-20-15/h2-3,6,8,12,16-17,20H,4-5,7,9-11H2,1H3. The van der Waals surface area contributed by atoms with Crippen LogP contribution < -0.4 is 0 Å². The molecule has 2 aliphatic rings. The first kappa shape index (κ1) is 16.1. The van der Waals surface area contributed by atoms with Crippen LogP contribution in [0.5, 0.6) is 0 Å². The number of amides is 2. The number of aromatic amines is 1. The van der Waals surface area contributed by atoms with Crippen LogP contribution in [0.2, 0.25) is 0 Å². The number of piperidine rings is 1. The van der Waals surface area contributed by atoms with Gasteiger partial charge >= 0.3 is 0 Å². The summed E-state index contributed by atoms with van der Waals surface area (Å²) in [5.74, 6) is 0.248. The Hall–Kier alpha value is -2.34. The smallest absolute Gasteiger partial charge is 0.254 e. The summed E-state index contributed by atoms with van der Waals surface area (Å²) in [6, 6.07) is 7.99. The minimum Gasteiger partial charge on any atom is -0.383 e. The number of ether oxygens (including phenoxy) is 1. The van der Waals surface area contributed by atoms with Gasteiger partial charge in [-0.05, 0) is 37.1 Å². The number of nitrogens with zero attached hydrogens (tertiary/aromatic N) is 2. The normalized spacial score (nSPS) is 23.3. The van der Waals surface area contributed by atoms with Crippen LogP contribution in [-0.2, 0) is 9.53 Å². The van der Waals surface area contributed by atoms with Crippen molar-refractivity contribution in [3.05, 3.63) is 36.0 Å². The number of likely N-dealkylation sites (tertiary alicyclic amines) is 2. The monoisotopic (exact) mass is 341 g/mol. The van der Waals surface area contributed by atoms with Gasteiger partial charge in [0.25, 0.3) is 5.91 Å². The van der Waals surface area contributed by atoms with Crippen LogP contribution >= 0.6 is 0 Å². The molecule has 2 amide bonds. The lowest BCUT2D eigenvalue weighted by Crippen LogP contribution is -2.54. The van der Waals surface area contributed by atoms with Crippen LogP contribution in [-0.4, -0.2) is 65.5 Å². The molecule has 2 unspecified atom stereocenters. The molecule has 0 spiro atoms. The minimum absolute atomic E-state index is 0.0663. The van der Waals surface area contributed by atoms with E-state index >= 15 is 0 Å². The van der Waals surface area contributed by atoms with Gasteiger partial charge in [-0.3, -0.25) is 9.59 Å². The Morgan fingerprint density at radius 2 is 2.16 bits per heavy atom. The Bertz CT molecular complexity index is 800. The van der Waals surface area contributed by atoms with Crippen LogP contribution in [0.3, 0.4) is 0 Å². The Labute approximate surface area is 146 Å². The van der Waals surface area contributed by atoms with Gasteiger partial charge < -0.3 is 19.5 Å². The second kappa shape index (κ2) is 6.52. The Balaban J connectivity index is 1.55. The molecule has 6 nitrogen and oxygen atoms in total. The SMILES string of the molecule is COCCN1C(=O)CCC2C1CCN2C(=O)c1ccc2[nH]ccc2c1. The van der Waals surface area contributed by atoms with Crippen molar-refractivity contribution in [3.8, 4) is 0 Å². The first-order valence-electron chi connectivity index (χ1n) is 8.85. The average molecular weight is 341 g/mol. The maximum absolute atomic E-state index is 13.1. The molecule has 0 radical (unpaired) electrons. The van der Waals surface area contributed by atoms with Gasteiger partial charge in [-0.2, -0.15) is 0 Å². The zero-order valence-corrected chi connectivity index (χ0v) is 14.4. The average Bonchev–Trinajstić information content (AvgIpc) is 3.26. The van der Waals surface area contributed by atoms with Gasteiger partial charge in [-0.1, -0.05) is 0 Å². The summed E-state index contributed by atoms with van der Waals surface area (Å²) < 4.78 is 5.14. The molecular formula is C19H23N3O3. The van der Waals surface area contributed by atoms with E-state index in [-0.39, 0.29) is 23.9 Å². The number of nitrogens with one attached hydrogen (secondary N) is 1. The van der Waals surface area contributed by atoms with Crippen LogP contribution in [0.4, 0.5) is 0 Å². The van der Waals surface area contributed by atoms with Crippen LogP contribution in [0, 0.1) is 0 Å². The fourth-order valence-electron chi connectivity index (χ4n) is 4.23. The van der Waals surface area contributed by atoms with Crippen LogP contribution in [0.25, 0.3) is 10.9 Å². The van der Waals surface area contributed by atoms with Crippen molar-refractivity contribution in [2.45, 2.75) is 31.3 Å². The quantitative estimate of drug-likeness (QED) is 0.925. The van der Waals surface area contributed by atoms with E-state index in [1.807, 2.05) is 40.3 Å². The highest BCUT2D eigenvalue weighted by Gasteiger charge is 2.44. The molecule has 0 aliphatic carbocycles. The number of hydrogen-bond acceptors (Lipinski definition) is 3. The molecule has 2 aromatic rings. The lowest BCUT2D eigenvalue weighted by atomic mass is 9.96. The predicted molar refractivity (Wildman–Crippen MR) is 94.4 cm³/mol. The van der Waals surface area contributed by atoms with Crippen molar-refractivity contribution in [1.29, 1.82) is 0 Å². The predicted octanol–water partition coefficient (Wildman–Crippen LogP) is 2.02. The highest BCUT2D eigenvalue weighted by Crippen LogP contribution is 2.32. The molecule has 1 N–H and O–H groups in total. The lowest BCUT2D eigenvalue weighted by Gasteiger charge is -2.39. The zero-order valence-electron chi connectivity index (χ0n) is 14.4. The van der Waals surface area contributed by atoms with Crippen molar-refractivity contribution in [2.24, 2.45) is 0 Å². The molecule has 25 heavy (non-hydrogen) atoms. The molecule has 3 heterocycles. The highest BCUT2D eigenvalue weighted by molar-refractivity contribution is 5.98.